The molecule has 43 heavy (non-hydrogen) atoms. The van der Waals surface area contributed by atoms with Crippen molar-refractivity contribution in [3.05, 3.63) is 55.6 Å². The van der Waals surface area contributed by atoms with Crippen molar-refractivity contribution in [3.63, 3.8) is 0 Å². The molecule has 4 rings (SSSR count). The van der Waals surface area contributed by atoms with Crippen LogP contribution in [0.2, 0.25) is 0 Å². The number of anilines is 1. The number of hydrogen-bond acceptors (Lipinski definition) is 5. The first-order chi connectivity index (χ1) is 20.2. The molecule has 1 N–H and O–H groups in total. The number of benzene rings is 1. The lowest BCUT2D eigenvalue weighted by atomic mass is 9.65. The van der Waals surface area contributed by atoms with Crippen molar-refractivity contribution < 1.29 is 19.5 Å². The molecule has 3 aliphatic heterocycles. The molecule has 8 heteroatoms. The number of amides is 3. The Kier molecular flexibility index (Phi) is 9.63. The maximum absolute atomic E-state index is 15.0. The van der Waals surface area contributed by atoms with E-state index >= 15 is 4.79 Å². The molecule has 3 heterocycles. The van der Waals surface area contributed by atoms with Crippen molar-refractivity contribution in [1.82, 2.24) is 9.80 Å². The number of para-hydroxylation sites is 1. The lowest BCUT2D eigenvalue weighted by molar-refractivity contribution is -0.149. The van der Waals surface area contributed by atoms with E-state index in [0.29, 0.717) is 19.5 Å². The molecule has 1 aromatic rings. The molecule has 2 bridgehead atoms. The zero-order chi connectivity index (χ0) is 31.9. The van der Waals surface area contributed by atoms with E-state index in [9.17, 15) is 14.7 Å². The van der Waals surface area contributed by atoms with E-state index in [1.807, 2.05) is 42.2 Å². The summed E-state index contributed by atoms with van der Waals surface area (Å²) in [4.78, 5) is 49.5. The number of carbonyl (C=O) groups excluding carboxylic acids is 3. The van der Waals surface area contributed by atoms with Gasteiger partial charge in [-0.05, 0) is 56.6 Å². The van der Waals surface area contributed by atoms with E-state index in [-0.39, 0.29) is 40.9 Å². The summed E-state index contributed by atoms with van der Waals surface area (Å²) in [5, 5.41) is 10.4. The minimum atomic E-state index is -0.784. The maximum atomic E-state index is 15.0. The van der Waals surface area contributed by atoms with Crippen LogP contribution in [0.25, 0.3) is 0 Å². The Morgan fingerprint density at radius 3 is 2.28 bits per heavy atom. The lowest BCUT2D eigenvalue weighted by Gasteiger charge is -2.47. The highest BCUT2D eigenvalue weighted by molar-refractivity contribution is 8.02. The zero-order valence-corrected chi connectivity index (χ0v) is 27.9. The fourth-order valence-electron chi connectivity index (χ4n) is 8.37. The average molecular weight is 610 g/mol. The number of rotatable bonds is 12. The van der Waals surface area contributed by atoms with E-state index in [2.05, 4.69) is 54.7 Å². The molecule has 0 aliphatic carbocycles. The Bertz CT molecular complexity index is 1220. The molecule has 1 aromatic carbocycles. The van der Waals surface area contributed by atoms with Crippen LogP contribution in [0.4, 0.5) is 5.69 Å². The predicted molar refractivity (Wildman–Crippen MR) is 176 cm³/mol. The monoisotopic (exact) mass is 609 g/mol. The molecule has 0 radical (unpaired) electrons. The summed E-state index contributed by atoms with van der Waals surface area (Å²) in [6.07, 6.45) is 5.48. The van der Waals surface area contributed by atoms with Crippen molar-refractivity contribution in [2.24, 2.45) is 23.2 Å². The number of likely N-dealkylation sites (tertiary alicyclic amines) is 1. The second kappa shape index (κ2) is 12.4. The second-order valence-corrected chi connectivity index (χ2v) is 16.0. The summed E-state index contributed by atoms with van der Waals surface area (Å²) in [5.74, 6) is -1.58. The highest BCUT2D eigenvalue weighted by Gasteiger charge is 2.77. The van der Waals surface area contributed by atoms with Crippen LogP contribution in [0.3, 0.4) is 0 Å². The first kappa shape index (κ1) is 33.3. The number of hydrogen-bond donors (Lipinski definition) is 1. The van der Waals surface area contributed by atoms with Crippen molar-refractivity contribution in [2.45, 2.75) is 95.3 Å². The Morgan fingerprint density at radius 1 is 1.12 bits per heavy atom. The van der Waals surface area contributed by atoms with E-state index in [1.54, 1.807) is 33.7 Å². The summed E-state index contributed by atoms with van der Waals surface area (Å²) < 4.78 is -0.768. The SMILES string of the molecule is C=CCN(C(=O)[C@@H]1[C@@H]2CC(C)C3(S2)C(C(=O)N(CC=C)C(C)(C)CC(C)(C)C)N([C@@H](CC)CO)C(=O)[C@H]13)c1ccccc1. The van der Waals surface area contributed by atoms with Gasteiger partial charge < -0.3 is 19.8 Å². The lowest BCUT2D eigenvalue weighted by Crippen LogP contribution is -2.62. The number of fused-ring (bicyclic) bond motifs is 1. The van der Waals surface area contributed by atoms with Crippen molar-refractivity contribution in [1.29, 1.82) is 0 Å². The largest absolute Gasteiger partial charge is 0.394 e. The highest BCUT2D eigenvalue weighted by atomic mass is 32.2. The second-order valence-electron chi connectivity index (χ2n) is 14.4. The summed E-state index contributed by atoms with van der Waals surface area (Å²) in [6, 6.07) is 8.21. The third-order valence-corrected chi connectivity index (χ3v) is 11.8. The van der Waals surface area contributed by atoms with Gasteiger partial charge in [-0.1, -0.05) is 65.0 Å². The third kappa shape index (κ3) is 5.70. The van der Waals surface area contributed by atoms with Crippen LogP contribution >= 0.6 is 11.8 Å². The summed E-state index contributed by atoms with van der Waals surface area (Å²) in [5.41, 5.74) is 0.214. The minimum Gasteiger partial charge on any atom is -0.394 e. The van der Waals surface area contributed by atoms with Crippen LogP contribution in [0, 0.1) is 23.2 Å². The van der Waals surface area contributed by atoms with Gasteiger partial charge in [0.25, 0.3) is 0 Å². The molecule has 3 amide bonds. The Morgan fingerprint density at radius 2 is 1.74 bits per heavy atom. The fourth-order valence-corrected chi connectivity index (χ4v) is 10.8. The molecular formula is C35H51N3O4S. The maximum Gasteiger partial charge on any atom is 0.247 e. The van der Waals surface area contributed by atoms with Crippen molar-refractivity contribution in [3.8, 4) is 0 Å². The predicted octanol–water partition coefficient (Wildman–Crippen LogP) is 5.54. The number of thioether (sulfide) groups is 1. The van der Waals surface area contributed by atoms with Crippen molar-refractivity contribution in [2.75, 3.05) is 24.6 Å². The molecule has 3 unspecified atom stereocenters. The Labute approximate surface area is 262 Å². The van der Waals surface area contributed by atoms with Gasteiger partial charge in [0.15, 0.2) is 0 Å². The molecular weight excluding hydrogens is 558 g/mol. The van der Waals surface area contributed by atoms with Gasteiger partial charge in [-0.2, -0.15) is 0 Å². The van der Waals surface area contributed by atoms with Gasteiger partial charge in [-0.15, -0.1) is 24.9 Å². The summed E-state index contributed by atoms with van der Waals surface area (Å²) in [7, 11) is 0. The number of aliphatic hydroxyl groups excluding tert-OH is 1. The van der Waals surface area contributed by atoms with E-state index in [0.717, 1.165) is 18.5 Å². The van der Waals surface area contributed by atoms with E-state index in [1.165, 1.54) is 0 Å². The Balaban J connectivity index is 1.85. The molecule has 0 saturated carbocycles. The molecule has 0 aromatic heterocycles. The average Bonchev–Trinajstić information content (AvgIpc) is 3.53. The quantitative estimate of drug-likeness (QED) is 0.315. The molecule has 7 atom stereocenters. The van der Waals surface area contributed by atoms with Crippen LogP contribution in [0.5, 0.6) is 0 Å². The fraction of sp³-hybridized carbons (Fsp3) is 0.629. The summed E-state index contributed by atoms with van der Waals surface area (Å²) in [6.45, 7) is 23.0. The Hall–Kier alpha value is -2.58. The van der Waals surface area contributed by atoms with Gasteiger partial charge >= 0.3 is 0 Å². The van der Waals surface area contributed by atoms with E-state index in [4.69, 9.17) is 0 Å². The van der Waals surface area contributed by atoms with Gasteiger partial charge in [0, 0.05) is 29.6 Å². The first-order valence-corrected chi connectivity index (χ1v) is 16.6. The number of nitrogens with zero attached hydrogens (tertiary/aromatic N) is 3. The standard InChI is InChI=1S/C35H51N3O4S/c1-10-18-36(25-16-14-13-15-17-25)30(40)27-26-20-23(4)35(43-26)28(27)31(41)38(24(12-3)21-39)29(35)32(42)37(19-11-2)34(8,9)22-33(5,6)7/h10-11,13-17,23-24,26-29,39H,1-2,12,18-22H2,3-9H3/t23?,24-,26-,27+,28-,29?,35?/m0/s1. The molecule has 3 fully saturated rings. The third-order valence-electron chi connectivity index (χ3n) is 9.69. The molecule has 3 saturated heterocycles. The van der Waals surface area contributed by atoms with Crippen LogP contribution in [-0.4, -0.2) is 79.9 Å². The molecule has 236 valence electrons. The topological polar surface area (TPSA) is 81.2 Å². The highest BCUT2D eigenvalue weighted by Crippen LogP contribution is 2.69. The molecule has 1 spiro atoms. The smallest absolute Gasteiger partial charge is 0.247 e. The van der Waals surface area contributed by atoms with Gasteiger partial charge in [-0.3, -0.25) is 14.4 Å². The van der Waals surface area contributed by atoms with Gasteiger partial charge in [0.1, 0.15) is 6.04 Å². The normalized spacial score (nSPS) is 28.9. The van der Waals surface area contributed by atoms with E-state index < -0.39 is 34.2 Å². The molecule has 3 aliphatic rings. The minimum absolute atomic E-state index is 0.0380. The number of aliphatic hydroxyl groups is 1. The van der Waals surface area contributed by atoms with Gasteiger partial charge in [0.05, 0.1) is 29.2 Å². The summed E-state index contributed by atoms with van der Waals surface area (Å²) >= 11 is 1.68. The van der Waals surface area contributed by atoms with Gasteiger partial charge in [-0.25, -0.2) is 0 Å². The zero-order valence-electron chi connectivity index (χ0n) is 27.1. The molecule has 7 nitrogen and oxygen atoms in total. The van der Waals surface area contributed by atoms with Crippen LogP contribution in [0.15, 0.2) is 55.6 Å². The van der Waals surface area contributed by atoms with Crippen LogP contribution in [0.1, 0.15) is 67.7 Å². The van der Waals surface area contributed by atoms with Crippen LogP contribution in [-0.2, 0) is 14.4 Å². The van der Waals surface area contributed by atoms with Crippen LogP contribution < -0.4 is 4.90 Å². The van der Waals surface area contributed by atoms with Gasteiger partial charge in [0.2, 0.25) is 17.7 Å². The number of carbonyl (C=O) groups is 3. The van der Waals surface area contributed by atoms with Crippen molar-refractivity contribution >= 4 is 35.2 Å². The first-order valence-electron chi connectivity index (χ1n) is 15.7.